The van der Waals surface area contributed by atoms with Crippen LogP contribution in [0.25, 0.3) is 0 Å². The summed E-state index contributed by atoms with van der Waals surface area (Å²) in [4.78, 5) is 30.3. The minimum absolute atomic E-state index is 0.0561. The first-order valence-electron chi connectivity index (χ1n) is 19.0. The van der Waals surface area contributed by atoms with Crippen LogP contribution in [0, 0.1) is 29.6 Å². The fraction of sp³-hybridized carbons (Fsp3) is 0.500. The zero-order chi connectivity index (χ0) is 39.1. The Labute approximate surface area is 329 Å². The summed E-state index contributed by atoms with van der Waals surface area (Å²) < 4.78 is 35.8. The van der Waals surface area contributed by atoms with E-state index in [1.807, 2.05) is 19.1 Å². The number of anilines is 1. The largest absolute Gasteiger partial charge is 0.490 e. The van der Waals surface area contributed by atoms with Gasteiger partial charge in [0.15, 0.2) is 0 Å². The van der Waals surface area contributed by atoms with Crippen molar-refractivity contribution in [2.45, 2.75) is 76.4 Å². The summed E-state index contributed by atoms with van der Waals surface area (Å²) in [7, 11) is -0.288. The minimum Gasteiger partial charge on any atom is -0.490 e. The highest BCUT2D eigenvalue weighted by Gasteiger charge is 2.44. The summed E-state index contributed by atoms with van der Waals surface area (Å²) in [5.41, 5.74) is 2.09. The first-order valence-corrected chi connectivity index (χ1v) is 21.1. The van der Waals surface area contributed by atoms with Crippen molar-refractivity contribution in [1.29, 1.82) is 0 Å². The van der Waals surface area contributed by atoms with Crippen molar-refractivity contribution >= 4 is 39.0 Å². The first kappa shape index (κ1) is 39.1. The van der Waals surface area contributed by atoms with Crippen LogP contribution in [0.5, 0.6) is 5.75 Å². The smallest absolute Gasteiger partial charge is 0.286 e. The average molecular weight is 788 g/mol. The molecule has 1 saturated carbocycles. The number of aliphatic hydroxyl groups is 1. The molecule has 0 unspecified atom stereocenters. The van der Waals surface area contributed by atoms with Gasteiger partial charge in [0.05, 0.1) is 29.7 Å². The normalized spacial score (nSPS) is 28.6. The Morgan fingerprint density at radius 3 is 2.78 bits per heavy atom. The molecule has 2 aromatic carbocycles. The van der Waals surface area contributed by atoms with Crippen LogP contribution in [-0.4, -0.2) is 75.2 Å². The predicted octanol–water partition coefficient (Wildman–Crippen LogP) is 6.26. The van der Waals surface area contributed by atoms with Gasteiger partial charge >= 0.3 is 0 Å². The molecule has 2 aliphatic heterocycles. The number of carbonyl (C=O) groups is 2. The molecule has 7 rings (SSSR count). The minimum atomic E-state index is -3.67. The van der Waals surface area contributed by atoms with Crippen molar-refractivity contribution in [3.05, 3.63) is 87.7 Å². The topological polar surface area (TPSA) is 135 Å². The molecule has 1 spiro atoms. The van der Waals surface area contributed by atoms with Crippen LogP contribution in [0.15, 0.2) is 59.1 Å². The van der Waals surface area contributed by atoms with Crippen LogP contribution >= 0.6 is 11.6 Å². The summed E-state index contributed by atoms with van der Waals surface area (Å²) in [5, 5.41) is 15.2. The van der Waals surface area contributed by atoms with Crippen LogP contribution in [0.2, 0.25) is 5.02 Å². The molecule has 6 atom stereocenters. The third kappa shape index (κ3) is 8.50. The van der Waals surface area contributed by atoms with Gasteiger partial charge in [0.25, 0.3) is 11.8 Å². The fourth-order valence-electron chi connectivity index (χ4n) is 8.53. The lowest BCUT2D eigenvalue weighted by Crippen LogP contribution is -2.49. The molecule has 0 saturated heterocycles. The van der Waals surface area contributed by atoms with E-state index < -0.39 is 27.3 Å². The lowest BCUT2D eigenvalue weighted by molar-refractivity contribution is 0.0131. The molecule has 292 valence electrons. The summed E-state index contributed by atoms with van der Waals surface area (Å²) in [5.74, 6) is 5.05. The lowest BCUT2D eigenvalue weighted by atomic mass is 9.68. The second kappa shape index (κ2) is 15.4. The van der Waals surface area contributed by atoms with Gasteiger partial charge in [-0.05, 0) is 118 Å². The van der Waals surface area contributed by atoms with Gasteiger partial charge in [-0.2, -0.15) is 5.10 Å². The van der Waals surface area contributed by atoms with Gasteiger partial charge in [-0.3, -0.25) is 19.0 Å². The van der Waals surface area contributed by atoms with Crippen LogP contribution in [0.3, 0.4) is 0 Å². The molecule has 2 aliphatic carbocycles. The summed E-state index contributed by atoms with van der Waals surface area (Å²) >= 11 is 6.47. The number of methoxy groups -OCH3 is 1. The standard InChI is InChI=1S/C42H50ClN5O6S/c1-27-8-6-10-37(53-5)32-14-11-30(32)22-48-25-42(18-7-9-28-20-31(43)13-15-34(28)42)26-54-38-16-12-29(21-36(38)48)39(49)45-55(52,24-27)46-40(50)33-23-47(4)44-35(33)17-19-41(2,3)51/h6,10,12-13,15-16,20-21,23,27,30,32,37,51H,7-9,11,14,18,22,24-26H2,1-5H3,(H,45,46,49,50,52)/b10-6+/t27-,30-,32+,37-,42-,55-/m0/s1. The Morgan fingerprint density at radius 1 is 1.22 bits per heavy atom. The van der Waals surface area contributed by atoms with E-state index in [0.29, 0.717) is 37.2 Å². The Bertz CT molecular complexity index is 2210. The fourth-order valence-corrected chi connectivity index (χ4v) is 10.6. The first-order chi connectivity index (χ1) is 26.1. The maximum Gasteiger partial charge on any atom is 0.286 e. The number of benzene rings is 2. The molecule has 3 heterocycles. The van der Waals surface area contributed by atoms with E-state index in [2.05, 4.69) is 55.2 Å². The molecule has 11 nitrogen and oxygen atoms in total. The number of nitrogens with one attached hydrogen (secondary N) is 1. The molecule has 1 fully saturated rings. The molecule has 4 aliphatic rings. The van der Waals surface area contributed by atoms with Gasteiger partial charge in [-0.25, -0.2) is 4.21 Å². The van der Waals surface area contributed by atoms with Gasteiger partial charge in [-0.15, -0.1) is 4.36 Å². The summed E-state index contributed by atoms with van der Waals surface area (Å²) in [6.45, 7) is 6.89. The molecule has 55 heavy (non-hydrogen) atoms. The van der Waals surface area contributed by atoms with E-state index in [9.17, 15) is 18.9 Å². The maximum atomic E-state index is 14.8. The van der Waals surface area contributed by atoms with Crippen molar-refractivity contribution in [2.75, 3.05) is 37.5 Å². The van der Waals surface area contributed by atoms with Crippen LogP contribution in [-0.2, 0) is 33.5 Å². The van der Waals surface area contributed by atoms with Gasteiger partial charge in [-0.1, -0.05) is 42.7 Å². The number of hydrogen-bond acceptors (Lipinski definition) is 8. The number of carbonyl (C=O) groups excluding carboxylic acids is 2. The molecular weight excluding hydrogens is 738 g/mol. The van der Waals surface area contributed by atoms with Crippen molar-refractivity contribution in [3.8, 4) is 17.6 Å². The van der Waals surface area contributed by atoms with Crippen LogP contribution in [0.4, 0.5) is 5.69 Å². The van der Waals surface area contributed by atoms with E-state index in [1.54, 1.807) is 26.3 Å². The van der Waals surface area contributed by atoms with E-state index in [4.69, 9.17) is 21.1 Å². The molecule has 0 radical (unpaired) electrons. The number of aryl methyl sites for hydroxylation is 2. The highest BCUT2D eigenvalue weighted by atomic mass is 35.5. The summed E-state index contributed by atoms with van der Waals surface area (Å²) in [6, 6.07) is 11.5. The zero-order valence-corrected chi connectivity index (χ0v) is 33.7. The number of rotatable bonds is 3. The van der Waals surface area contributed by atoms with E-state index in [0.717, 1.165) is 49.4 Å². The van der Waals surface area contributed by atoms with Crippen molar-refractivity contribution in [1.82, 2.24) is 14.5 Å². The van der Waals surface area contributed by atoms with Crippen molar-refractivity contribution in [3.63, 3.8) is 0 Å². The molecule has 2 bridgehead atoms. The molecular formula is C42H50ClN5O6S. The van der Waals surface area contributed by atoms with E-state index in [1.165, 1.54) is 35.9 Å². The third-order valence-corrected chi connectivity index (χ3v) is 13.5. The molecule has 2 N–H and O–H groups in total. The quantitative estimate of drug-likeness (QED) is 0.235. The van der Waals surface area contributed by atoms with E-state index >= 15 is 0 Å². The number of amides is 2. The van der Waals surface area contributed by atoms with Crippen LogP contribution in [0.1, 0.15) is 90.4 Å². The van der Waals surface area contributed by atoms with Crippen molar-refractivity contribution in [2.24, 2.45) is 29.2 Å². The number of ether oxygens (including phenoxy) is 2. The number of nitrogens with zero attached hydrogens (tertiary/aromatic N) is 4. The number of allylic oxidation sites excluding steroid dienone is 1. The Kier molecular flexibility index (Phi) is 11.0. The average Bonchev–Trinajstić information content (AvgIpc) is 3.42. The molecule has 1 aromatic heterocycles. The number of fused-ring (bicyclic) bond motifs is 4. The molecule has 3 aromatic rings. The van der Waals surface area contributed by atoms with Gasteiger partial charge < -0.3 is 19.5 Å². The zero-order valence-electron chi connectivity index (χ0n) is 32.1. The second-order valence-electron chi connectivity index (χ2n) is 16.3. The number of halogens is 1. The van der Waals surface area contributed by atoms with Crippen molar-refractivity contribution < 1.29 is 28.4 Å². The SMILES string of the molecule is CO[C@H]1/C=C/C[C@H](C)C[S@@](=O)(NC(=O)c2cn(C)nc2C#CC(C)(C)O)=NC(=O)c2ccc3c(c2)N(C[C@@H]2CC[C@H]21)C[C@@]1(CCCc2cc(Cl)ccc21)CO3. The van der Waals surface area contributed by atoms with Crippen LogP contribution < -0.4 is 14.4 Å². The monoisotopic (exact) mass is 787 g/mol. The third-order valence-electron chi connectivity index (χ3n) is 11.3. The van der Waals surface area contributed by atoms with Gasteiger partial charge in [0, 0.05) is 49.4 Å². The second-order valence-corrected chi connectivity index (χ2v) is 18.7. The van der Waals surface area contributed by atoms with E-state index in [-0.39, 0.29) is 40.0 Å². The molecule has 2 amide bonds. The summed E-state index contributed by atoms with van der Waals surface area (Å²) in [6.07, 6.45) is 11.1. The Hall–Kier alpha value is -4.15. The Balaban J connectivity index is 1.29. The maximum absolute atomic E-state index is 14.8. The Morgan fingerprint density at radius 2 is 2.04 bits per heavy atom. The number of aromatic nitrogens is 2. The number of hydrogen-bond donors (Lipinski definition) is 2. The predicted molar refractivity (Wildman–Crippen MR) is 214 cm³/mol. The van der Waals surface area contributed by atoms with Gasteiger partial charge in [0.2, 0.25) is 0 Å². The highest BCUT2D eigenvalue weighted by Crippen LogP contribution is 2.47. The lowest BCUT2D eigenvalue weighted by Gasteiger charge is -2.46. The highest BCUT2D eigenvalue weighted by molar-refractivity contribution is 7.92. The van der Waals surface area contributed by atoms with Gasteiger partial charge in [0.1, 0.15) is 27.0 Å². The molecule has 13 heteroatoms.